The fourth-order valence-electron chi connectivity index (χ4n) is 2.24. The first-order valence-corrected chi connectivity index (χ1v) is 7.79. The molecule has 1 amide bonds. The van der Waals surface area contributed by atoms with Crippen LogP contribution in [0, 0.1) is 0 Å². The summed E-state index contributed by atoms with van der Waals surface area (Å²) in [4.78, 5) is 25.3. The van der Waals surface area contributed by atoms with E-state index in [-0.39, 0.29) is 18.6 Å². The molecule has 6 heteroatoms. The van der Waals surface area contributed by atoms with Gasteiger partial charge in [0.05, 0.1) is 12.7 Å². The topological polar surface area (TPSA) is 65.1 Å². The van der Waals surface area contributed by atoms with Gasteiger partial charge in [0.25, 0.3) is 5.91 Å². The van der Waals surface area contributed by atoms with Gasteiger partial charge in [0.15, 0.2) is 12.7 Å². The number of carbonyl (C=O) groups is 2. The number of likely N-dealkylation sites (N-methyl/N-ethyl adjacent to an activating group) is 1. The van der Waals surface area contributed by atoms with E-state index in [1.54, 1.807) is 14.0 Å². The third-order valence-electron chi connectivity index (χ3n) is 3.74. The molecule has 0 aromatic heterocycles. The largest absolute Gasteiger partial charge is 0.454 e. The summed E-state index contributed by atoms with van der Waals surface area (Å²) in [5, 5.41) is 0. The summed E-state index contributed by atoms with van der Waals surface area (Å²) in [5.74, 6) is -0.839. The highest BCUT2D eigenvalue weighted by molar-refractivity contribution is 5.94. The standard InChI is InChI=1S/C17H23NO5/c1-13(22-11-15-9-6-10-21-15)17(20)23-12-16(19)18(2)14-7-4-3-5-8-14/h3-5,7-8,13,15H,6,9-12H2,1-2H3. The molecule has 0 bridgehead atoms. The molecular weight excluding hydrogens is 298 g/mol. The van der Waals surface area contributed by atoms with Crippen LogP contribution in [0.2, 0.25) is 0 Å². The fraction of sp³-hybridized carbons (Fsp3) is 0.529. The second kappa shape index (κ2) is 8.64. The Labute approximate surface area is 136 Å². The Morgan fingerprint density at radius 2 is 2.09 bits per heavy atom. The molecule has 1 fully saturated rings. The summed E-state index contributed by atoms with van der Waals surface area (Å²) >= 11 is 0. The number of benzene rings is 1. The van der Waals surface area contributed by atoms with Gasteiger partial charge in [-0.1, -0.05) is 18.2 Å². The van der Waals surface area contributed by atoms with Crippen LogP contribution >= 0.6 is 0 Å². The maximum absolute atomic E-state index is 12.0. The van der Waals surface area contributed by atoms with E-state index in [0.717, 1.165) is 25.1 Å². The molecule has 0 N–H and O–H groups in total. The van der Waals surface area contributed by atoms with Crippen molar-refractivity contribution in [3.63, 3.8) is 0 Å². The van der Waals surface area contributed by atoms with Crippen LogP contribution in [0.5, 0.6) is 0 Å². The quantitative estimate of drug-likeness (QED) is 0.716. The van der Waals surface area contributed by atoms with Gasteiger partial charge in [0, 0.05) is 19.3 Å². The molecule has 1 saturated heterocycles. The Morgan fingerprint density at radius 1 is 1.35 bits per heavy atom. The fourth-order valence-corrected chi connectivity index (χ4v) is 2.24. The van der Waals surface area contributed by atoms with E-state index >= 15 is 0 Å². The van der Waals surface area contributed by atoms with Gasteiger partial charge in [0.1, 0.15) is 0 Å². The molecule has 0 radical (unpaired) electrons. The van der Waals surface area contributed by atoms with E-state index in [1.165, 1.54) is 4.90 Å². The van der Waals surface area contributed by atoms with Crippen molar-refractivity contribution in [2.75, 3.05) is 31.8 Å². The molecule has 1 aromatic carbocycles. The highest BCUT2D eigenvalue weighted by Gasteiger charge is 2.22. The maximum atomic E-state index is 12.0. The lowest BCUT2D eigenvalue weighted by Crippen LogP contribution is -2.34. The number of rotatable bonds is 7. The van der Waals surface area contributed by atoms with E-state index in [9.17, 15) is 9.59 Å². The molecule has 2 atom stereocenters. The second-order valence-electron chi connectivity index (χ2n) is 5.51. The minimum atomic E-state index is -0.714. The zero-order valence-electron chi connectivity index (χ0n) is 13.6. The smallest absolute Gasteiger partial charge is 0.335 e. The molecule has 2 rings (SSSR count). The Morgan fingerprint density at radius 3 is 2.74 bits per heavy atom. The number of hydrogen-bond acceptors (Lipinski definition) is 5. The number of anilines is 1. The van der Waals surface area contributed by atoms with Gasteiger partial charge in [-0.2, -0.15) is 0 Å². The van der Waals surface area contributed by atoms with E-state index in [4.69, 9.17) is 14.2 Å². The summed E-state index contributed by atoms with van der Waals surface area (Å²) in [5.41, 5.74) is 0.747. The number of hydrogen-bond donors (Lipinski definition) is 0. The first-order chi connectivity index (χ1) is 11.1. The average Bonchev–Trinajstić information content (AvgIpc) is 3.10. The van der Waals surface area contributed by atoms with Crippen LogP contribution in [0.15, 0.2) is 30.3 Å². The van der Waals surface area contributed by atoms with Gasteiger partial charge < -0.3 is 19.1 Å². The van der Waals surface area contributed by atoms with Crippen LogP contribution < -0.4 is 4.90 Å². The van der Waals surface area contributed by atoms with Crippen LogP contribution in [0.25, 0.3) is 0 Å². The predicted molar refractivity (Wildman–Crippen MR) is 85.2 cm³/mol. The summed E-state index contributed by atoms with van der Waals surface area (Å²) < 4.78 is 15.9. The summed E-state index contributed by atoms with van der Waals surface area (Å²) in [6, 6.07) is 9.17. The van der Waals surface area contributed by atoms with Crippen molar-refractivity contribution in [2.24, 2.45) is 0 Å². The van der Waals surface area contributed by atoms with Gasteiger partial charge in [-0.3, -0.25) is 4.79 Å². The maximum Gasteiger partial charge on any atom is 0.335 e. The van der Waals surface area contributed by atoms with Crippen LogP contribution in [0.3, 0.4) is 0 Å². The molecule has 1 aliphatic heterocycles. The van der Waals surface area contributed by atoms with Crippen molar-refractivity contribution in [1.29, 1.82) is 0 Å². The minimum Gasteiger partial charge on any atom is -0.454 e. The molecule has 1 heterocycles. The van der Waals surface area contributed by atoms with Crippen molar-refractivity contribution < 1.29 is 23.8 Å². The Kier molecular flexibility index (Phi) is 6.55. The zero-order chi connectivity index (χ0) is 16.7. The van der Waals surface area contributed by atoms with Crippen LogP contribution in [0.4, 0.5) is 5.69 Å². The number of carbonyl (C=O) groups excluding carboxylic acids is 2. The molecule has 0 saturated carbocycles. The molecule has 126 valence electrons. The molecular formula is C17H23NO5. The molecule has 1 aliphatic rings. The third-order valence-corrected chi connectivity index (χ3v) is 3.74. The lowest BCUT2D eigenvalue weighted by molar-refractivity contribution is -0.160. The SMILES string of the molecule is CC(OCC1CCCO1)C(=O)OCC(=O)N(C)c1ccccc1. The van der Waals surface area contributed by atoms with E-state index < -0.39 is 12.1 Å². The molecule has 23 heavy (non-hydrogen) atoms. The van der Waals surface area contributed by atoms with Crippen molar-refractivity contribution >= 4 is 17.6 Å². The van der Waals surface area contributed by atoms with Gasteiger partial charge in [-0.05, 0) is 31.9 Å². The summed E-state index contributed by atoms with van der Waals surface area (Å²) in [6.07, 6.45) is 1.31. The molecule has 6 nitrogen and oxygen atoms in total. The van der Waals surface area contributed by atoms with Crippen LogP contribution in [0.1, 0.15) is 19.8 Å². The number of amides is 1. The number of esters is 1. The number of para-hydroxylation sites is 1. The summed E-state index contributed by atoms with van der Waals surface area (Å²) in [7, 11) is 1.64. The predicted octanol–water partition coefficient (Wildman–Crippen LogP) is 1.78. The zero-order valence-corrected chi connectivity index (χ0v) is 13.6. The van der Waals surface area contributed by atoms with Crippen molar-refractivity contribution in [1.82, 2.24) is 0 Å². The normalized spacial score (nSPS) is 18.4. The van der Waals surface area contributed by atoms with Crippen molar-refractivity contribution in [2.45, 2.75) is 32.0 Å². The minimum absolute atomic E-state index is 0.0519. The second-order valence-corrected chi connectivity index (χ2v) is 5.51. The van der Waals surface area contributed by atoms with Gasteiger partial charge in [0.2, 0.25) is 0 Å². The highest BCUT2D eigenvalue weighted by Crippen LogP contribution is 2.13. The average molecular weight is 321 g/mol. The van der Waals surface area contributed by atoms with Gasteiger partial charge in [-0.15, -0.1) is 0 Å². The molecule has 0 spiro atoms. The number of nitrogens with zero attached hydrogens (tertiary/aromatic N) is 1. The Hall–Kier alpha value is -1.92. The monoisotopic (exact) mass is 321 g/mol. The number of ether oxygens (including phenoxy) is 3. The van der Waals surface area contributed by atoms with Crippen molar-refractivity contribution in [3.8, 4) is 0 Å². The molecule has 0 aliphatic carbocycles. The van der Waals surface area contributed by atoms with E-state index in [1.807, 2.05) is 30.3 Å². The first kappa shape index (κ1) is 17.4. The molecule has 1 aromatic rings. The van der Waals surface area contributed by atoms with Crippen molar-refractivity contribution in [3.05, 3.63) is 30.3 Å². The van der Waals surface area contributed by atoms with Crippen LogP contribution in [-0.4, -0.2) is 51.0 Å². The van der Waals surface area contributed by atoms with E-state index in [2.05, 4.69) is 0 Å². The Balaban J connectivity index is 1.71. The third kappa shape index (κ3) is 5.33. The summed E-state index contributed by atoms with van der Waals surface area (Å²) in [6.45, 7) is 2.42. The molecule has 2 unspecified atom stereocenters. The first-order valence-electron chi connectivity index (χ1n) is 7.79. The van der Waals surface area contributed by atoms with E-state index in [0.29, 0.717) is 6.61 Å². The lowest BCUT2D eigenvalue weighted by atomic mass is 10.2. The van der Waals surface area contributed by atoms with Gasteiger partial charge in [-0.25, -0.2) is 4.79 Å². The lowest BCUT2D eigenvalue weighted by Gasteiger charge is -2.18. The Bertz CT molecular complexity index is 513. The highest BCUT2D eigenvalue weighted by atomic mass is 16.6. The van der Waals surface area contributed by atoms with Gasteiger partial charge >= 0.3 is 5.97 Å². The van der Waals surface area contributed by atoms with Crippen LogP contribution in [-0.2, 0) is 23.8 Å².